The monoisotopic (exact) mass is 622 g/mol. The van der Waals surface area contributed by atoms with Crippen molar-refractivity contribution in [2.24, 2.45) is 0 Å². The Morgan fingerprint density at radius 1 is 1.07 bits per heavy atom. The Kier molecular flexibility index (Phi) is 8.40. The van der Waals surface area contributed by atoms with Crippen LogP contribution in [0.1, 0.15) is 57.9 Å². The third-order valence-electron chi connectivity index (χ3n) is 7.81. The van der Waals surface area contributed by atoms with Gasteiger partial charge in [-0.3, -0.25) is 14.9 Å². The molecule has 0 unspecified atom stereocenters. The molecule has 1 saturated heterocycles. The molecule has 0 radical (unpaired) electrons. The minimum absolute atomic E-state index is 0.0161. The van der Waals surface area contributed by atoms with E-state index in [1.54, 1.807) is 12.1 Å². The molecule has 1 fully saturated rings. The Labute approximate surface area is 257 Å². The Balaban J connectivity index is 1.33. The number of ether oxygens (including phenoxy) is 3. The molecule has 0 bridgehead atoms. The molecule has 0 spiro atoms. The van der Waals surface area contributed by atoms with Gasteiger partial charge in [-0.15, -0.1) is 0 Å². The van der Waals surface area contributed by atoms with Gasteiger partial charge in [0.15, 0.2) is 0 Å². The summed E-state index contributed by atoms with van der Waals surface area (Å²) >= 11 is 0.631. The Morgan fingerprint density at radius 3 is 2.43 bits per heavy atom. The largest absolute Gasteiger partial charge is 0.489 e. The lowest BCUT2D eigenvalue weighted by Gasteiger charge is -2.38. The van der Waals surface area contributed by atoms with E-state index in [0.717, 1.165) is 39.6 Å². The van der Waals surface area contributed by atoms with Gasteiger partial charge in [0.25, 0.3) is 11.1 Å². The van der Waals surface area contributed by atoms with E-state index < -0.39 is 28.5 Å². The van der Waals surface area contributed by atoms with Crippen molar-refractivity contribution >= 4 is 29.0 Å². The van der Waals surface area contributed by atoms with Crippen molar-refractivity contribution in [3.63, 3.8) is 0 Å². The number of carbonyl (C=O) groups is 2. The number of rotatable bonds is 7. The number of thioether (sulfide) groups is 1. The minimum Gasteiger partial charge on any atom is -0.489 e. The van der Waals surface area contributed by atoms with Gasteiger partial charge >= 0.3 is 6.18 Å². The Hall–Kier alpha value is -4.43. The highest BCUT2D eigenvalue weighted by Gasteiger charge is 2.38. The van der Waals surface area contributed by atoms with E-state index >= 15 is 0 Å². The molecule has 2 heterocycles. The van der Waals surface area contributed by atoms with Crippen LogP contribution in [-0.2, 0) is 24.0 Å². The summed E-state index contributed by atoms with van der Waals surface area (Å²) in [4.78, 5) is 23.3. The summed E-state index contributed by atoms with van der Waals surface area (Å²) in [5.74, 6) is 0.438. The molecule has 2 aliphatic rings. The number of fused-ring (bicyclic) bond motifs is 1. The number of imide groups is 1. The zero-order valence-electron chi connectivity index (χ0n) is 24.5. The van der Waals surface area contributed by atoms with Crippen molar-refractivity contribution in [1.29, 1.82) is 5.26 Å². The first-order valence-electron chi connectivity index (χ1n) is 13.8. The van der Waals surface area contributed by atoms with E-state index in [2.05, 4.69) is 11.4 Å². The van der Waals surface area contributed by atoms with Gasteiger partial charge < -0.3 is 14.2 Å². The number of benzene rings is 3. The first-order valence-corrected chi connectivity index (χ1v) is 14.6. The number of nitrogens with one attached hydrogen (secondary N) is 1. The van der Waals surface area contributed by atoms with Gasteiger partial charge in [0.1, 0.15) is 36.1 Å². The maximum absolute atomic E-state index is 14.0. The molecule has 2 aliphatic heterocycles. The van der Waals surface area contributed by atoms with Gasteiger partial charge in [-0.25, -0.2) is 0 Å². The Morgan fingerprint density at radius 2 is 1.80 bits per heavy atom. The molecule has 11 heteroatoms. The lowest BCUT2D eigenvalue weighted by molar-refractivity contribution is -0.139. The van der Waals surface area contributed by atoms with Gasteiger partial charge in [0.2, 0.25) is 0 Å². The van der Waals surface area contributed by atoms with E-state index in [1.807, 2.05) is 39.8 Å². The molecule has 44 heavy (non-hydrogen) atoms. The number of halogens is 3. The van der Waals surface area contributed by atoms with Crippen LogP contribution in [0.15, 0.2) is 47.4 Å². The predicted octanol–water partition coefficient (Wildman–Crippen LogP) is 7.57. The van der Waals surface area contributed by atoms with E-state index in [1.165, 1.54) is 18.2 Å². The molecule has 0 saturated carbocycles. The molecule has 1 atom stereocenters. The highest BCUT2D eigenvalue weighted by Crippen LogP contribution is 2.45. The van der Waals surface area contributed by atoms with Gasteiger partial charge in [-0.1, -0.05) is 18.2 Å². The van der Waals surface area contributed by atoms with Gasteiger partial charge in [0, 0.05) is 5.56 Å². The van der Waals surface area contributed by atoms with Gasteiger partial charge in [-0.05, 0) is 110 Å². The maximum Gasteiger partial charge on any atom is 0.419 e. The second-order valence-corrected chi connectivity index (χ2v) is 12.1. The second-order valence-electron chi connectivity index (χ2n) is 11.1. The molecule has 228 valence electrons. The summed E-state index contributed by atoms with van der Waals surface area (Å²) in [5, 5.41) is 10.5. The maximum atomic E-state index is 14.0. The topological polar surface area (TPSA) is 97.6 Å². The zero-order valence-corrected chi connectivity index (χ0v) is 25.3. The number of amides is 2. The summed E-state index contributed by atoms with van der Waals surface area (Å²) in [6, 6.07) is 12.8. The van der Waals surface area contributed by atoms with Crippen molar-refractivity contribution in [1.82, 2.24) is 5.32 Å². The first kappa shape index (κ1) is 31.0. The van der Waals surface area contributed by atoms with E-state index in [0.29, 0.717) is 42.5 Å². The first-order chi connectivity index (χ1) is 20.8. The number of carbonyl (C=O) groups excluding carboxylic acids is 2. The highest BCUT2D eigenvalue weighted by atomic mass is 32.2. The summed E-state index contributed by atoms with van der Waals surface area (Å²) in [6.45, 7) is 7.86. The number of nitrogens with zero attached hydrogens (tertiary/aromatic N) is 1. The van der Waals surface area contributed by atoms with Crippen LogP contribution >= 0.6 is 11.8 Å². The number of hydrogen-bond donors (Lipinski definition) is 1. The summed E-state index contributed by atoms with van der Waals surface area (Å²) < 4.78 is 60.5. The Bertz CT molecular complexity index is 1730. The van der Waals surface area contributed by atoms with Crippen molar-refractivity contribution in [3.05, 3.63) is 91.9 Å². The summed E-state index contributed by atoms with van der Waals surface area (Å²) in [5.41, 5.74) is 3.45. The van der Waals surface area contributed by atoms with Crippen LogP contribution in [-0.4, -0.2) is 23.4 Å². The third-order valence-corrected chi connectivity index (χ3v) is 8.62. The predicted molar refractivity (Wildman–Crippen MR) is 160 cm³/mol. The lowest BCUT2D eigenvalue weighted by atomic mass is 9.87. The smallest absolute Gasteiger partial charge is 0.419 e. The molecular weight excluding hydrogens is 593 g/mol. The van der Waals surface area contributed by atoms with Crippen LogP contribution in [0, 0.1) is 32.1 Å². The van der Waals surface area contributed by atoms with Crippen LogP contribution in [0.3, 0.4) is 0 Å². The van der Waals surface area contributed by atoms with Gasteiger partial charge in [0.05, 0.1) is 22.1 Å². The average Bonchev–Trinajstić information content (AvgIpc) is 3.30. The van der Waals surface area contributed by atoms with Crippen molar-refractivity contribution in [2.75, 3.05) is 6.61 Å². The molecule has 3 aromatic carbocycles. The molecule has 0 aromatic heterocycles. The van der Waals surface area contributed by atoms with E-state index in [-0.39, 0.29) is 22.8 Å². The van der Waals surface area contributed by atoms with Crippen molar-refractivity contribution in [3.8, 4) is 23.3 Å². The van der Waals surface area contributed by atoms with Crippen LogP contribution in [0.25, 0.3) is 6.08 Å². The summed E-state index contributed by atoms with van der Waals surface area (Å²) in [6.07, 6.45) is -2.36. The summed E-state index contributed by atoms with van der Waals surface area (Å²) in [7, 11) is 0. The molecule has 3 aromatic rings. The lowest BCUT2D eigenvalue weighted by Crippen LogP contribution is -2.42. The van der Waals surface area contributed by atoms with Crippen molar-refractivity contribution < 1.29 is 37.0 Å². The highest BCUT2D eigenvalue weighted by molar-refractivity contribution is 8.18. The van der Waals surface area contributed by atoms with E-state index in [4.69, 9.17) is 19.5 Å². The SMILES string of the molecule is Cc1c(C)c2c(c(C)c1OCc1ccc(C#N)cc1)CC[C@](C)(COc1ccc(/C=C3/SC(=O)NC3=O)cc1C(F)(F)F)O2. The number of hydrogen-bond acceptors (Lipinski definition) is 7. The molecular formula is C33H29F3N2O5S. The molecule has 1 N–H and O–H groups in total. The minimum atomic E-state index is -4.72. The standard InChI is InChI=1S/C33H29F3N2O5S/c1-18-19(2)29-24(20(3)28(18)41-16-22-7-5-21(15-37)6-8-22)11-12-32(4,43-29)17-42-26-10-9-23(13-25(26)33(34,35)36)14-27-30(39)38-31(40)44-27/h5-10,13-14H,11-12,16-17H2,1-4H3,(H,38,39,40)/b27-14+/t32-/m1/s1. The fourth-order valence-electron chi connectivity index (χ4n) is 5.22. The van der Waals surface area contributed by atoms with E-state index in [9.17, 15) is 22.8 Å². The zero-order chi connectivity index (χ0) is 31.8. The normalized spacial score (nSPS) is 18.8. The molecule has 5 rings (SSSR count). The second kappa shape index (κ2) is 11.9. The molecule has 2 amide bonds. The fourth-order valence-corrected chi connectivity index (χ4v) is 5.90. The number of nitriles is 1. The molecule has 0 aliphatic carbocycles. The quantitative estimate of drug-likeness (QED) is 0.272. The fraction of sp³-hybridized carbons (Fsp3) is 0.303. The van der Waals surface area contributed by atoms with Crippen molar-refractivity contribution in [2.45, 2.75) is 58.9 Å². The average molecular weight is 623 g/mol. The van der Waals surface area contributed by atoms with Gasteiger partial charge in [-0.2, -0.15) is 18.4 Å². The third kappa shape index (κ3) is 6.40. The van der Waals surface area contributed by atoms with Crippen LogP contribution in [0.4, 0.5) is 18.0 Å². The van der Waals surface area contributed by atoms with Crippen LogP contribution < -0.4 is 19.5 Å². The van der Waals surface area contributed by atoms with Crippen LogP contribution in [0.2, 0.25) is 0 Å². The molecule has 7 nitrogen and oxygen atoms in total. The van der Waals surface area contributed by atoms with Crippen LogP contribution in [0.5, 0.6) is 17.2 Å². The number of alkyl halides is 3.